The van der Waals surface area contributed by atoms with Crippen LogP contribution in [0.15, 0.2) is 46.9 Å². The highest BCUT2D eigenvalue weighted by Gasteiger charge is 2.19. The van der Waals surface area contributed by atoms with Crippen molar-refractivity contribution in [3.8, 4) is 0 Å². The summed E-state index contributed by atoms with van der Waals surface area (Å²) in [6.07, 6.45) is 0.248. The molecule has 0 aliphatic carbocycles. The number of alkyl carbamates (subject to hydrolysis) is 1. The van der Waals surface area contributed by atoms with Crippen molar-refractivity contribution in [3.05, 3.63) is 59.8 Å². The summed E-state index contributed by atoms with van der Waals surface area (Å²) in [4.78, 5) is 12.1. The van der Waals surface area contributed by atoms with Crippen LogP contribution >= 0.6 is 0 Å². The van der Waals surface area contributed by atoms with Crippen molar-refractivity contribution in [1.29, 1.82) is 0 Å². The van der Waals surface area contributed by atoms with Gasteiger partial charge in [0.05, 0.1) is 12.6 Å². The predicted molar refractivity (Wildman–Crippen MR) is 111 cm³/mol. The summed E-state index contributed by atoms with van der Waals surface area (Å²) in [5.74, 6) is 1.13. The molecule has 0 saturated carbocycles. The van der Waals surface area contributed by atoms with Crippen molar-refractivity contribution in [3.63, 3.8) is 0 Å². The highest BCUT2D eigenvalue weighted by atomic mass is 16.6. The number of carbonyl (C=O) groups is 1. The summed E-state index contributed by atoms with van der Waals surface area (Å²) in [6.45, 7) is 8.25. The zero-order valence-electron chi connectivity index (χ0n) is 17.4. The number of carbonyl (C=O) groups excluding carboxylic acids is 1. The van der Waals surface area contributed by atoms with Crippen LogP contribution in [0.4, 0.5) is 4.79 Å². The monoisotopic (exact) mass is 396 g/mol. The fourth-order valence-corrected chi connectivity index (χ4v) is 2.95. The molecule has 1 atom stereocenters. The van der Waals surface area contributed by atoms with Crippen LogP contribution in [0.2, 0.25) is 0 Å². The first-order valence-corrected chi connectivity index (χ1v) is 9.84. The van der Waals surface area contributed by atoms with Gasteiger partial charge in [-0.1, -0.05) is 43.3 Å². The third-order valence-corrected chi connectivity index (χ3v) is 4.34. The number of nitrogens with one attached hydrogen (secondary N) is 2. The standard InChI is InChI=1S/C22H28N4O3/c1-5-19-25-26-20(28-19)14-23-18(13-24-21(27)29-22(2,3)4)17-11-10-15-8-6-7-9-16(15)12-17/h6-12,18,23H,5,13-14H2,1-4H3,(H,24,27). The summed E-state index contributed by atoms with van der Waals surface area (Å²) in [5, 5.41) is 16.6. The maximum absolute atomic E-state index is 12.1. The van der Waals surface area contributed by atoms with Crippen LogP contribution < -0.4 is 10.6 Å². The average Bonchev–Trinajstić information content (AvgIpc) is 3.14. The van der Waals surface area contributed by atoms with Crippen molar-refractivity contribution in [1.82, 2.24) is 20.8 Å². The Morgan fingerprint density at radius 3 is 2.52 bits per heavy atom. The van der Waals surface area contributed by atoms with Crippen LogP contribution in [0.3, 0.4) is 0 Å². The Bertz CT molecular complexity index is 962. The molecule has 0 radical (unpaired) electrons. The molecule has 2 aromatic carbocycles. The summed E-state index contributed by atoms with van der Waals surface area (Å²) >= 11 is 0. The smallest absolute Gasteiger partial charge is 0.407 e. The SMILES string of the molecule is CCc1nnc(CNC(CNC(=O)OC(C)(C)C)c2ccc3ccccc3c2)o1. The van der Waals surface area contributed by atoms with Gasteiger partial charge < -0.3 is 14.5 Å². The van der Waals surface area contributed by atoms with Gasteiger partial charge in [-0.25, -0.2) is 4.79 Å². The van der Waals surface area contributed by atoms with Crippen molar-refractivity contribution < 1.29 is 13.9 Å². The fraction of sp³-hybridized carbons (Fsp3) is 0.409. The van der Waals surface area contributed by atoms with Gasteiger partial charge in [-0.15, -0.1) is 10.2 Å². The van der Waals surface area contributed by atoms with Gasteiger partial charge in [0.1, 0.15) is 5.60 Å². The van der Waals surface area contributed by atoms with E-state index >= 15 is 0 Å². The summed E-state index contributed by atoms with van der Waals surface area (Å²) in [7, 11) is 0. The highest BCUT2D eigenvalue weighted by Crippen LogP contribution is 2.21. The first-order chi connectivity index (χ1) is 13.8. The number of rotatable bonds is 7. The summed E-state index contributed by atoms with van der Waals surface area (Å²) in [6, 6.07) is 14.3. The molecular formula is C22H28N4O3. The van der Waals surface area contributed by atoms with Crippen LogP contribution in [0.5, 0.6) is 0 Å². The molecule has 0 aliphatic heterocycles. The molecule has 3 aromatic rings. The fourth-order valence-electron chi connectivity index (χ4n) is 2.95. The zero-order valence-corrected chi connectivity index (χ0v) is 17.4. The van der Waals surface area contributed by atoms with Crippen molar-refractivity contribution in [2.45, 2.75) is 52.3 Å². The Morgan fingerprint density at radius 1 is 1.10 bits per heavy atom. The van der Waals surface area contributed by atoms with Crippen LogP contribution in [-0.4, -0.2) is 28.4 Å². The quantitative estimate of drug-likeness (QED) is 0.624. The van der Waals surface area contributed by atoms with Gasteiger partial charge in [-0.05, 0) is 43.2 Å². The van der Waals surface area contributed by atoms with E-state index in [9.17, 15) is 4.79 Å². The molecule has 3 rings (SSSR count). The minimum absolute atomic E-state index is 0.149. The molecule has 1 amide bonds. The Kier molecular flexibility index (Phi) is 6.49. The lowest BCUT2D eigenvalue weighted by atomic mass is 10.0. The van der Waals surface area contributed by atoms with Gasteiger partial charge in [0.25, 0.3) is 0 Å². The molecule has 0 fully saturated rings. The third-order valence-electron chi connectivity index (χ3n) is 4.34. The number of ether oxygens (including phenoxy) is 1. The minimum atomic E-state index is -0.545. The van der Waals surface area contributed by atoms with Crippen LogP contribution in [0.1, 0.15) is 51.1 Å². The van der Waals surface area contributed by atoms with Gasteiger partial charge in [0.2, 0.25) is 11.8 Å². The molecule has 1 heterocycles. The molecule has 0 spiro atoms. The third kappa shape index (κ3) is 6.02. The second-order valence-electron chi connectivity index (χ2n) is 7.87. The maximum atomic E-state index is 12.1. The number of aromatic nitrogens is 2. The Balaban J connectivity index is 1.74. The van der Waals surface area contributed by atoms with Gasteiger partial charge in [-0.2, -0.15) is 0 Å². The van der Waals surface area contributed by atoms with Crippen LogP contribution in [0, 0.1) is 0 Å². The number of benzene rings is 2. The number of nitrogens with zero attached hydrogens (tertiary/aromatic N) is 2. The van der Waals surface area contributed by atoms with E-state index in [1.54, 1.807) is 0 Å². The normalized spacial score (nSPS) is 12.7. The van der Waals surface area contributed by atoms with Crippen LogP contribution in [0.25, 0.3) is 10.8 Å². The van der Waals surface area contributed by atoms with E-state index in [2.05, 4.69) is 51.2 Å². The second kappa shape index (κ2) is 9.05. The van der Waals surface area contributed by atoms with Gasteiger partial charge in [0.15, 0.2) is 0 Å². The Morgan fingerprint density at radius 2 is 1.83 bits per heavy atom. The lowest BCUT2D eigenvalue weighted by molar-refractivity contribution is 0.0522. The minimum Gasteiger partial charge on any atom is -0.444 e. The lowest BCUT2D eigenvalue weighted by Crippen LogP contribution is -2.38. The van der Waals surface area contributed by atoms with Crippen molar-refractivity contribution in [2.75, 3.05) is 6.54 Å². The highest BCUT2D eigenvalue weighted by molar-refractivity contribution is 5.83. The van der Waals surface area contributed by atoms with E-state index in [4.69, 9.17) is 9.15 Å². The van der Waals surface area contributed by atoms with Crippen molar-refractivity contribution in [2.24, 2.45) is 0 Å². The molecule has 7 heteroatoms. The average molecular weight is 396 g/mol. The molecule has 0 saturated heterocycles. The van der Waals surface area contributed by atoms with Gasteiger partial charge in [-0.3, -0.25) is 5.32 Å². The van der Waals surface area contributed by atoms with Gasteiger partial charge >= 0.3 is 6.09 Å². The summed E-state index contributed by atoms with van der Waals surface area (Å²) < 4.78 is 10.9. The van der Waals surface area contributed by atoms with E-state index in [-0.39, 0.29) is 6.04 Å². The van der Waals surface area contributed by atoms with Crippen molar-refractivity contribution >= 4 is 16.9 Å². The molecule has 1 aromatic heterocycles. The molecule has 0 bridgehead atoms. The molecule has 1 unspecified atom stereocenters. The molecule has 154 valence electrons. The topological polar surface area (TPSA) is 89.3 Å². The molecule has 7 nitrogen and oxygen atoms in total. The number of hydrogen-bond acceptors (Lipinski definition) is 6. The van der Waals surface area contributed by atoms with E-state index in [1.807, 2.05) is 39.8 Å². The second-order valence-corrected chi connectivity index (χ2v) is 7.87. The number of fused-ring (bicyclic) bond motifs is 1. The molecule has 0 aliphatic rings. The Hall–Kier alpha value is -2.93. The molecule has 2 N–H and O–H groups in total. The first kappa shape index (κ1) is 20.8. The molecule has 29 heavy (non-hydrogen) atoms. The predicted octanol–water partition coefficient (Wildman–Crippen LogP) is 4.14. The Labute approximate surface area is 170 Å². The summed E-state index contributed by atoms with van der Waals surface area (Å²) in [5.41, 5.74) is 0.506. The molecular weight excluding hydrogens is 368 g/mol. The van der Waals surface area contributed by atoms with Crippen LogP contribution in [-0.2, 0) is 17.7 Å². The van der Waals surface area contributed by atoms with E-state index in [1.165, 1.54) is 5.39 Å². The number of hydrogen-bond donors (Lipinski definition) is 2. The maximum Gasteiger partial charge on any atom is 0.407 e. The van der Waals surface area contributed by atoms with E-state index in [0.29, 0.717) is 31.3 Å². The van der Waals surface area contributed by atoms with Gasteiger partial charge in [0, 0.05) is 13.0 Å². The van der Waals surface area contributed by atoms with E-state index < -0.39 is 11.7 Å². The zero-order chi connectivity index (χ0) is 20.9. The number of amides is 1. The lowest BCUT2D eigenvalue weighted by Gasteiger charge is -2.23. The number of aryl methyl sites for hydroxylation is 1. The first-order valence-electron chi connectivity index (χ1n) is 9.84. The largest absolute Gasteiger partial charge is 0.444 e. The van der Waals surface area contributed by atoms with E-state index in [0.717, 1.165) is 10.9 Å².